The molecule has 0 amide bonds. The van der Waals surface area contributed by atoms with Gasteiger partial charge in [-0.15, -0.1) is 0 Å². The van der Waals surface area contributed by atoms with E-state index in [1.165, 1.54) is 0 Å². The first kappa shape index (κ1) is 15.2. The molecular formula is C16H17Cl2NO. The lowest BCUT2D eigenvalue weighted by Crippen LogP contribution is -2.07. The van der Waals surface area contributed by atoms with Gasteiger partial charge in [-0.05, 0) is 56.3 Å². The lowest BCUT2D eigenvalue weighted by Gasteiger charge is -2.16. The van der Waals surface area contributed by atoms with E-state index in [0.717, 1.165) is 28.2 Å². The zero-order valence-corrected chi connectivity index (χ0v) is 13.3. The van der Waals surface area contributed by atoms with Crippen molar-refractivity contribution in [3.63, 3.8) is 0 Å². The normalized spacial score (nSPS) is 10.7. The van der Waals surface area contributed by atoms with Crippen LogP contribution in [0, 0.1) is 13.8 Å². The van der Waals surface area contributed by atoms with Gasteiger partial charge >= 0.3 is 0 Å². The van der Waals surface area contributed by atoms with Gasteiger partial charge < -0.3 is 10.1 Å². The molecule has 0 saturated carbocycles. The maximum Gasteiger partial charge on any atom is 0.133 e. The van der Waals surface area contributed by atoms with Gasteiger partial charge in [-0.1, -0.05) is 29.3 Å². The minimum atomic E-state index is 0.653. The number of aryl methyl sites for hydroxylation is 2. The van der Waals surface area contributed by atoms with Crippen LogP contribution < -0.4 is 10.1 Å². The Kier molecular flexibility index (Phi) is 4.92. The van der Waals surface area contributed by atoms with Crippen LogP contribution in [0.15, 0.2) is 30.3 Å². The molecule has 0 unspecified atom stereocenters. The van der Waals surface area contributed by atoms with Crippen LogP contribution in [0.25, 0.3) is 0 Å². The van der Waals surface area contributed by atoms with Crippen LogP contribution in [0.2, 0.25) is 10.0 Å². The SMILES string of the molecule is CNCc1c(Cl)cccc1Oc1c(C)cc(Cl)cc1C. The van der Waals surface area contributed by atoms with Crippen molar-refractivity contribution in [2.24, 2.45) is 0 Å². The Morgan fingerprint density at radius 1 is 1.10 bits per heavy atom. The van der Waals surface area contributed by atoms with Gasteiger partial charge in [-0.25, -0.2) is 0 Å². The summed E-state index contributed by atoms with van der Waals surface area (Å²) in [4.78, 5) is 0. The summed E-state index contributed by atoms with van der Waals surface area (Å²) in [6, 6.07) is 9.46. The summed E-state index contributed by atoms with van der Waals surface area (Å²) in [6.07, 6.45) is 0. The van der Waals surface area contributed by atoms with E-state index in [1.807, 2.05) is 51.2 Å². The summed E-state index contributed by atoms with van der Waals surface area (Å²) in [5.74, 6) is 1.59. The highest BCUT2D eigenvalue weighted by Crippen LogP contribution is 2.35. The van der Waals surface area contributed by atoms with E-state index >= 15 is 0 Å². The van der Waals surface area contributed by atoms with Crippen LogP contribution in [0.4, 0.5) is 0 Å². The highest BCUT2D eigenvalue weighted by molar-refractivity contribution is 6.31. The van der Waals surface area contributed by atoms with Crippen molar-refractivity contribution in [2.75, 3.05) is 7.05 Å². The molecule has 20 heavy (non-hydrogen) atoms. The Hall–Kier alpha value is -1.22. The summed E-state index contributed by atoms with van der Waals surface area (Å²) in [5, 5.41) is 4.52. The van der Waals surface area contributed by atoms with Crippen LogP contribution >= 0.6 is 23.2 Å². The average molecular weight is 310 g/mol. The summed E-state index contributed by atoms with van der Waals surface area (Å²) in [5.41, 5.74) is 2.96. The van der Waals surface area contributed by atoms with E-state index < -0.39 is 0 Å². The number of nitrogens with one attached hydrogen (secondary N) is 1. The topological polar surface area (TPSA) is 21.3 Å². The standard InChI is InChI=1S/C16H17Cl2NO/c1-10-7-12(17)8-11(2)16(10)20-15-6-4-5-14(18)13(15)9-19-3/h4-8,19H,9H2,1-3H3. The largest absolute Gasteiger partial charge is 0.456 e. The number of hydrogen-bond donors (Lipinski definition) is 1. The van der Waals surface area contributed by atoms with Crippen LogP contribution in [0.5, 0.6) is 11.5 Å². The van der Waals surface area contributed by atoms with Crippen LogP contribution in [0.3, 0.4) is 0 Å². The second-order valence-corrected chi connectivity index (χ2v) is 5.56. The fourth-order valence-electron chi connectivity index (χ4n) is 2.15. The zero-order valence-electron chi connectivity index (χ0n) is 11.8. The third-order valence-corrected chi connectivity index (χ3v) is 3.64. The van der Waals surface area contributed by atoms with Gasteiger partial charge in [0.05, 0.1) is 0 Å². The fourth-order valence-corrected chi connectivity index (χ4v) is 2.71. The maximum absolute atomic E-state index is 6.24. The van der Waals surface area contributed by atoms with Gasteiger partial charge in [0.2, 0.25) is 0 Å². The highest BCUT2D eigenvalue weighted by atomic mass is 35.5. The molecule has 0 aliphatic carbocycles. The van der Waals surface area contributed by atoms with Crippen molar-refractivity contribution in [3.05, 3.63) is 57.1 Å². The predicted molar refractivity (Wildman–Crippen MR) is 85.2 cm³/mol. The van der Waals surface area contributed by atoms with E-state index in [-0.39, 0.29) is 0 Å². The number of ether oxygens (including phenoxy) is 1. The Morgan fingerprint density at radius 3 is 2.35 bits per heavy atom. The molecule has 1 N–H and O–H groups in total. The van der Waals surface area contributed by atoms with Gasteiger partial charge in [0.1, 0.15) is 11.5 Å². The quantitative estimate of drug-likeness (QED) is 0.846. The molecule has 0 radical (unpaired) electrons. The summed E-state index contributed by atoms with van der Waals surface area (Å²) < 4.78 is 6.08. The van der Waals surface area contributed by atoms with Gasteiger partial charge in [0, 0.05) is 22.2 Å². The molecule has 2 nitrogen and oxygen atoms in total. The molecule has 4 heteroatoms. The van der Waals surface area contributed by atoms with E-state index in [0.29, 0.717) is 16.6 Å². The first-order chi connectivity index (χ1) is 9.52. The minimum Gasteiger partial charge on any atom is -0.456 e. The molecule has 2 aromatic rings. The van der Waals surface area contributed by atoms with Crippen molar-refractivity contribution >= 4 is 23.2 Å². The lowest BCUT2D eigenvalue weighted by atomic mass is 10.1. The van der Waals surface area contributed by atoms with E-state index in [9.17, 15) is 0 Å². The smallest absolute Gasteiger partial charge is 0.133 e. The number of hydrogen-bond acceptors (Lipinski definition) is 2. The fraction of sp³-hybridized carbons (Fsp3) is 0.250. The van der Waals surface area contributed by atoms with Gasteiger partial charge in [0.25, 0.3) is 0 Å². The van der Waals surface area contributed by atoms with Gasteiger partial charge in [-0.3, -0.25) is 0 Å². The average Bonchev–Trinajstić information content (AvgIpc) is 2.37. The van der Waals surface area contributed by atoms with E-state index in [4.69, 9.17) is 27.9 Å². The summed E-state index contributed by atoms with van der Waals surface area (Å²) in [7, 11) is 1.88. The van der Waals surface area contributed by atoms with Crippen molar-refractivity contribution in [1.82, 2.24) is 5.32 Å². The van der Waals surface area contributed by atoms with Crippen molar-refractivity contribution in [2.45, 2.75) is 20.4 Å². The first-order valence-corrected chi connectivity index (χ1v) is 7.15. The van der Waals surface area contributed by atoms with E-state index in [2.05, 4.69) is 5.32 Å². The molecule has 2 aromatic carbocycles. The molecule has 0 saturated heterocycles. The van der Waals surface area contributed by atoms with Gasteiger partial charge in [0.15, 0.2) is 0 Å². The van der Waals surface area contributed by atoms with Crippen molar-refractivity contribution < 1.29 is 4.74 Å². The third kappa shape index (κ3) is 3.26. The molecule has 0 aliphatic rings. The Bertz CT molecular complexity index is 603. The molecule has 0 heterocycles. The molecule has 0 atom stereocenters. The minimum absolute atomic E-state index is 0.653. The molecular weight excluding hydrogens is 293 g/mol. The Labute approximate surface area is 129 Å². The Balaban J connectivity index is 2.43. The molecule has 0 aromatic heterocycles. The third-order valence-electron chi connectivity index (χ3n) is 3.07. The zero-order chi connectivity index (χ0) is 14.7. The van der Waals surface area contributed by atoms with Crippen molar-refractivity contribution in [1.29, 1.82) is 0 Å². The van der Waals surface area contributed by atoms with E-state index in [1.54, 1.807) is 0 Å². The molecule has 0 fully saturated rings. The second-order valence-electron chi connectivity index (χ2n) is 4.72. The Morgan fingerprint density at radius 2 is 1.75 bits per heavy atom. The monoisotopic (exact) mass is 309 g/mol. The van der Waals surface area contributed by atoms with Crippen molar-refractivity contribution in [3.8, 4) is 11.5 Å². The molecule has 0 spiro atoms. The highest BCUT2D eigenvalue weighted by Gasteiger charge is 2.12. The number of halogens is 2. The number of benzene rings is 2. The maximum atomic E-state index is 6.24. The lowest BCUT2D eigenvalue weighted by molar-refractivity contribution is 0.467. The summed E-state index contributed by atoms with van der Waals surface area (Å²) in [6.45, 7) is 4.62. The number of rotatable bonds is 4. The predicted octanol–water partition coefficient (Wildman–Crippen LogP) is 5.12. The summed E-state index contributed by atoms with van der Waals surface area (Å²) >= 11 is 12.3. The van der Waals surface area contributed by atoms with Crippen LogP contribution in [0.1, 0.15) is 16.7 Å². The first-order valence-electron chi connectivity index (χ1n) is 6.39. The van der Waals surface area contributed by atoms with Gasteiger partial charge in [-0.2, -0.15) is 0 Å². The van der Waals surface area contributed by atoms with Crippen LogP contribution in [-0.4, -0.2) is 7.05 Å². The molecule has 106 valence electrons. The molecule has 2 rings (SSSR count). The molecule has 0 aliphatic heterocycles. The second kappa shape index (κ2) is 6.49. The van der Waals surface area contributed by atoms with Crippen LogP contribution in [-0.2, 0) is 6.54 Å². The molecule has 0 bridgehead atoms.